The van der Waals surface area contributed by atoms with Crippen molar-refractivity contribution in [3.05, 3.63) is 52.2 Å². The minimum Gasteiger partial charge on any atom is -0.452 e. The number of hydrogen-bond donors (Lipinski definition) is 1. The topological polar surface area (TPSA) is 92.8 Å². The molecule has 0 bridgehead atoms. The van der Waals surface area contributed by atoms with Crippen LogP contribution in [0.1, 0.15) is 15.2 Å². The van der Waals surface area contributed by atoms with Crippen LogP contribution in [0.25, 0.3) is 0 Å². The fourth-order valence-corrected chi connectivity index (χ4v) is 3.38. The van der Waals surface area contributed by atoms with Gasteiger partial charge in [-0.25, -0.2) is 17.5 Å². The minimum atomic E-state index is -3.56. The largest absolute Gasteiger partial charge is 0.452 e. The molecule has 0 aliphatic rings. The van der Waals surface area contributed by atoms with Gasteiger partial charge in [-0.15, -0.1) is 11.3 Å². The van der Waals surface area contributed by atoms with Crippen molar-refractivity contribution in [3.63, 3.8) is 0 Å². The Balaban J connectivity index is 1.87. The number of carbonyl (C=O) groups excluding carboxylic acids is 2. The molecule has 0 saturated heterocycles. The number of hydrogen-bond acceptors (Lipinski definition) is 6. The van der Waals surface area contributed by atoms with Crippen molar-refractivity contribution < 1.29 is 22.7 Å². The van der Waals surface area contributed by atoms with E-state index in [4.69, 9.17) is 4.74 Å². The van der Waals surface area contributed by atoms with Crippen LogP contribution in [0.4, 0.5) is 0 Å². The van der Waals surface area contributed by atoms with Crippen LogP contribution >= 0.6 is 11.3 Å². The molecule has 0 spiro atoms. The maximum Gasteiger partial charge on any atom is 0.338 e. The van der Waals surface area contributed by atoms with Gasteiger partial charge in [-0.1, -0.05) is 6.07 Å². The maximum atomic E-state index is 12.0. The van der Waals surface area contributed by atoms with Crippen molar-refractivity contribution in [2.45, 2.75) is 11.4 Å². The molecule has 0 aliphatic carbocycles. The van der Waals surface area contributed by atoms with Gasteiger partial charge in [0.15, 0.2) is 6.61 Å². The molecule has 0 radical (unpaired) electrons. The Morgan fingerprint density at radius 1 is 1.16 bits per heavy atom. The molecule has 1 aromatic carbocycles. The normalized spacial score (nSPS) is 11.3. The van der Waals surface area contributed by atoms with E-state index in [0.717, 1.165) is 9.18 Å². The third kappa shape index (κ3) is 5.12. The number of thiophene rings is 1. The first-order valence-corrected chi connectivity index (χ1v) is 9.61. The SMILES string of the molecule is CN(C)S(=O)(=O)c1ccc(C(=O)OCC(=O)NCc2cccs2)cc1. The lowest BCUT2D eigenvalue weighted by molar-refractivity contribution is -0.124. The number of nitrogens with one attached hydrogen (secondary N) is 1. The van der Waals surface area contributed by atoms with Gasteiger partial charge in [0, 0.05) is 19.0 Å². The van der Waals surface area contributed by atoms with Crippen LogP contribution in [0, 0.1) is 0 Å². The van der Waals surface area contributed by atoms with E-state index in [2.05, 4.69) is 5.32 Å². The summed E-state index contributed by atoms with van der Waals surface area (Å²) in [5.74, 6) is -1.10. The number of nitrogens with zero attached hydrogens (tertiary/aromatic N) is 1. The summed E-state index contributed by atoms with van der Waals surface area (Å²) in [4.78, 5) is 24.7. The number of benzene rings is 1. The molecule has 134 valence electrons. The van der Waals surface area contributed by atoms with E-state index >= 15 is 0 Å². The Morgan fingerprint density at radius 2 is 1.84 bits per heavy atom. The Morgan fingerprint density at radius 3 is 2.40 bits per heavy atom. The number of carbonyl (C=O) groups is 2. The van der Waals surface area contributed by atoms with Crippen molar-refractivity contribution in [2.75, 3.05) is 20.7 Å². The third-order valence-corrected chi connectivity index (χ3v) is 5.95. The lowest BCUT2D eigenvalue weighted by Crippen LogP contribution is -2.28. The molecule has 0 atom stereocenters. The van der Waals surface area contributed by atoms with Crippen LogP contribution in [0.15, 0.2) is 46.7 Å². The minimum absolute atomic E-state index is 0.0720. The summed E-state index contributed by atoms with van der Waals surface area (Å²) in [5.41, 5.74) is 0.170. The standard InChI is InChI=1S/C16H18N2O5S2/c1-18(2)25(21,22)14-7-5-12(6-8-14)16(20)23-11-15(19)17-10-13-4-3-9-24-13/h3-9H,10-11H2,1-2H3,(H,17,19). The van der Waals surface area contributed by atoms with E-state index < -0.39 is 28.5 Å². The highest BCUT2D eigenvalue weighted by molar-refractivity contribution is 7.89. The molecule has 0 unspecified atom stereocenters. The fraction of sp³-hybridized carbons (Fsp3) is 0.250. The molecule has 2 aromatic rings. The van der Waals surface area contributed by atoms with Crippen molar-refractivity contribution in [1.29, 1.82) is 0 Å². The van der Waals surface area contributed by atoms with Crippen molar-refractivity contribution in [2.24, 2.45) is 0 Å². The Labute approximate surface area is 150 Å². The summed E-state index contributed by atoms with van der Waals surface area (Å²) in [7, 11) is -0.710. The summed E-state index contributed by atoms with van der Waals surface area (Å²) in [6.07, 6.45) is 0. The number of amides is 1. The van der Waals surface area contributed by atoms with Crippen molar-refractivity contribution in [1.82, 2.24) is 9.62 Å². The molecular weight excluding hydrogens is 364 g/mol. The molecule has 25 heavy (non-hydrogen) atoms. The van der Waals surface area contributed by atoms with Gasteiger partial charge in [-0.05, 0) is 35.7 Å². The van der Waals surface area contributed by atoms with Crippen LogP contribution < -0.4 is 5.32 Å². The van der Waals surface area contributed by atoms with Gasteiger partial charge >= 0.3 is 5.97 Å². The molecule has 1 heterocycles. The molecule has 7 nitrogen and oxygen atoms in total. The maximum absolute atomic E-state index is 12.0. The quantitative estimate of drug-likeness (QED) is 0.732. The zero-order chi connectivity index (χ0) is 18.4. The highest BCUT2D eigenvalue weighted by Gasteiger charge is 2.18. The van der Waals surface area contributed by atoms with Crippen LogP contribution in [-0.4, -0.2) is 45.3 Å². The zero-order valence-corrected chi connectivity index (χ0v) is 15.4. The van der Waals surface area contributed by atoms with Gasteiger partial charge in [0.1, 0.15) is 0 Å². The lowest BCUT2D eigenvalue weighted by Gasteiger charge is -2.11. The summed E-state index contributed by atoms with van der Waals surface area (Å²) in [5, 5.41) is 4.55. The molecule has 1 amide bonds. The first-order chi connectivity index (χ1) is 11.8. The smallest absolute Gasteiger partial charge is 0.338 e. The Kier molecular flexibility index (Phi) is 6.29. The van der Waals surface area contributed by atoms with E-state index in [1.807, 2.05) is 17.5 Å². The lowest BCUT2D eigenvalue weighted by atomic mass is 10.2. The second-order valence-corrected chi connectivity index (χ2v) is 8.43. The average molecular weight is 382 g/mol. The van der Waals surface area contributed by atoms with Crippen LogP contribution in [0.5, 0.6) is 0 Å². The predicted octanol–water partition coefficient (Wildman–Crippen LogP) is 1.47. The number of esters is 1. The summed E-state index contributed by atoms with van der Waals surface area (Å²) >= 11 is 1.52. The van der Waals surface area contributed by atoms with Gasteiger partial charge in [0.05, 0.1) is 17.0 Å². The van der Waals surface area contributed by atoms with Gasteiger partial charge in [-0.3, -0.25) is 4.79 Å². The van der Waals surface area contributed by atoms with Crippen LogP contribution in [0.3, 0.4) is 0 Å². The Hall–Kier alpha value is -2.23. The molecule has 0 aliphatic heterocycles. The monoisotopic (exact) mass is 382 g/mol. The molecule has 0 fully saturated rings. The number of rotatable bonds is 7. The van der Waals surface area contributed by atoms with Crippen molar-refractivity contribution >= 4 is 33.2 Å². The zero-order valence-electron chi connectivity index (χ0n) is 13.8. The number of sulfonamides is 1. The summed E-state index contributed by atoms with van der Waals surface area (Å²) in [6, 6.07) is 9.11. The molecule has 9 heteroatoms. The van der Waals surface area contributed by atoms with Gasteiger partial charge in [-0.2, -0.15) is 0 Å². The van der Waals surface area contributed by atoms with E-state index in [-0.39, 0.29) is 10.5 Å². The van der Waals surface area contributed by atoms with Crippen LogP contribution in [-0.2, 0) is 26.1 Å². The molecular formula is C16H18N2O5S2. The first kappa shape index (κ1) is 19.1. The molecule has 2 rings (SSSR count). The molecule has 1 aromatic heterocycles. The summed E-state index contributed by atoms with van der Waals surface area (Å²) < 4.78 is 29.9. The Bertz CT molecular complexity index is 828. The van der Waals surface area contributed by atoms with Gasteiger partial charge < -0.3 is 10.1 Å². The second-order valence-electron chi connectivity index (χ2n) is 5.24. The van der Waals surface area contributed by atoms with E-state index in [1.165, 1.54) is 49.7 Å². The number of ether oxygens (including phenoxy) is 1. The molecule has 0 saturated carbocycles. The highest BCUT2D eigenvalue weighted by atomic mass is 32.2. The van der Waals surface area contributed by atoms with E-state index in [1.54, 1.807) is 0 Å². The molecule has 1 N–H and O–H groups in total. The van der Waals surface area contributed by atoms with Gasteiger partial charge in [0.25, 0.3) is 5.91 Å². The van der Waals surface area contributed by atoms with Crippen LogP contribution in [0.2, 0.25) is 0 Å². The average Bonchev–Trinajstić information content (AvgIpc) is 3.11. The highest BCUT2D eigenvalue weighted by Crippen LogP contribution is 2.14. The van der Waals surface area contributed by atoms with E-state index in [0.29, 0.717) is 6.54 Å². The van der Waals surface area contributed by atoms with Crippen molar-refractivity contribution in [3.8, 4) is 0 Å². The third-order valence-electron chi connectivity index (χ3n) is 3.24. The fourth-order valence-electron chi connectivity index (χ4n) is 1.84. The second kappa shape index (κ2) is 8.24. The summed E-state index contributed by atoms with van der Waals surface area (Å²) in [6.45, 7) is -0.0207. The first-order valence-electron chi connectivity index (χ1n) is 7.29. The van der Waals surface area contributed by atoms with E-state index in [9.17, 15) is 18.0 Å². The van der Waals surface area contributed by atoms with Gasteiger partial charge in [0.2, 0.25) is 10.0 Å². The predicted molar refractivity (Wildman–Crippen MR) is 93.8 cm³/mol.